The summed E-state index contributed by atoms with van der Waals surface area (Å²) in [6.45, 7) is 0.337. The summed E-state index contributed by atoms with van der Waals surface area (Å²) in [5.74, 6) is -1.70. The first kappa shape index (κ1) is 21.2. The molecule has 0 heterocycles. The van der Waals surface area contributed by atoms with Gasteiger partial charge in [0.05, 0.1) is 0 Å². The van der Waals surface area contributed by atoms with Gasteiger partial charge in [-0.1, -0.05) is 0 Å². The third-order valence-corrected chi connectivity index (χ3v) is 3.37. The Balaban J connectivity index is 0.00000312. The summed E-state index contributed by atoms with van der Waals surface area (Å²) in [6, 6.07) is 6.45. The second kappa shape index (κ2) is 10.2. The highest BCUT2D eigenvalue weighted by molar-refractivity contribution is 14.0. The normalized spacial score (nSPS) is 11.0. The van der Waals surface area contributed by atoms with Crippen molar-refractivity contribution in [1.82, 2.24) is 10.6 Å². The zero-order valence-electron chi connectivity index (χ0n) is 13.5. The lowest BCUT2D eigenvalue weighted by molar-refractivity contribution is 0.579. The maximum atomic E-state index is 13.5. The SMILES string of the molecule is CN=C(NCCc1cc(F)ccc1F)NCc1cc(F)ccc1F.I. The number of aliphatic imine (C=N–C) groups is 1. The number of hydrogen-bond acceptors (Lipinski definition) is 1. The molecule has 8 heteroatoms. The number of halogens is 5. The van der Waals surface area contributed by atoms with Gasteiger partial charge in [-0.2, -0.15) is 0 Å². The summed E-state index contributed by atoms with van der Waals surface area (Å²) >= 11 is 0. The minimum Gasteiger partial charge on any atom is -0.356 e. The lowest BCUT2D eigenvalue weighted by Gasteiger charge is -2.12. The van der Waals surface area contributed by atoms with Crippen molar-refractivity contribution >= 4 is 29.9 Å². The summed E-state index contributed by atoms with van der Waals surface area (Å²) in [5, 5.41) is 5.73. The highest BCUT2D eigenvalue weighted by atomic mass is 127. The van der Waals surface area contributed by atoms with Crippen molar-refractivity contribution in [3.63, 3.8) is 0 Å². The number of hydrogen-bond donors (Lipinski definition) is 2. The molecule has 0 saturated heterocycles. The lowest BCUT2D eigenvalue weighted by Crippen LogP contribution is -2.38. The van der Waals surface area contributed by atoms with E-state index >= 15 is 0 Å². The minimum atomic E-state index is -0.530. The summed E-state index contributed by atoms with van der Waals surface area (Å²) in [7, 11) is 1.51. The van der Waals surface area contributed by atoms with Gasteiger partial charge in [0.1, 0.15) is 23.3 Å². The molecule has 0 atom stereocenters. The smallest absolute Gasteiger partial charge is 0.191 e. The first-order chi connectivity index (χ1) is 11.5. The zero-order chi connectivity index (χ0) is 17.5. The van der Waals surface area contributed by atoms with E-state index in [1.54, 1.807) is 0 Å². The van der Waals surface area contributed by atoms with Crippen LogP contribution >= 0.6 is 24.0 Å². The predicted molar refractivity (Wildman–Crippen MR) is 100 cm³/mol. The van der Waals surface area contributed by atoms with Gasteiger partial charge in [0.25, 0.3) is 0 Å². The Bertz CT molecular complexity index is 738. The summed E-state index contributed by atoms with van der Waals surface area (Å²) < 4.78 is 53.2. The molecule has 0 bridgehead atoms. The van der Waals surface area contributed by atoms with Crippen molar-refractivity contribution in [2.45, 2.75) is 13.0 Å². The Labute approximate surface area is 160 Å². The monoisotopic (exact) mass is 467 g/mol. The first-order valence-corrected chi connectivity index (χ1v) is 7.32. The Morgan fingerprint density at radius 3 is 2.04 bits per heavy atom. The molecule has 2 aromatic carbocycles. The second-order valence-electron chi connectivity index (χ2n) is 5.07. The molecule has 0 aromatic heterocycles. The van der Waals surface area contributed by atoms with E-state index in [-0.39, 0.29) is 48.1 Å². The van der Waals surface area contributed by atoms with Crippen LogP contribution in [0.3, 0.4) is 0 Å². The van der Waals surface area contributed by atoms with E-state index < -0.39 is 23.3 Å². The molecule has 0 spiro atoms. The molecule has 0 amide bonds. The molecule has 0 unspecified atom stereocenters. The van der Waals surface area contributed by atoms with Gasteiger partial charge in [-0.25, -0.2) is 17.6 Å². The van der Waals surface area contributed by atoms with Gasteiger partial charge in [-0.3, -0.25) is 4.99 Å². The summed E-state index contributed by atoms with van der Waals surface area (Å²) in [5.41, 5.74) is 0.406. The molecule has 2 aromatic rings. The van der Waals surface area contributed by atoms with Crippen LogP contribution in [0.25, 0.3) is 0 Å². The van der Waals surface area contributed by atoms with Crippen molar-refractivity contribution in [2.75, 3.05) is 13.6 Å². The molecule has 0 aliphatic carbocycles. The molecule has 2 N–H and O–H groups in total. The fourth-order valence-electron chi connectivity index (χ4n) is 2.13. The quantitative estimate of drug-likeness (QED) is 0.304. The van der Waals surface area contributed by atoms with E-state index in [1.165, 1.54) is 7.05 Å². The van der Waals surface area contributed by atoms with E-state index in [0.29, 0.717) is 12.5 Å². The fourth-order valence-corrected chi connectivity index (χ4v) is 2.13. The van der Waals surface area contributed by atoms with Crippen LogP contribution in [0, 0.1) is 23.3 Å². The van der Waals surface area contributed by atoms with Crippen LogP contribution in [0.4, 0.5) is 17.6 Å². The molecule has 25 heavy (non-hydrogen) atoms. The zero-order valence-corrected chi connectivity index (χ0v) is 15.8. The van der Waals surface area contributed by atoms with E-state index in [0.717, 1.165) is 36.4 Å². The van der Waals surface area contributed by atoms with Crippen LogP contribution in [0.5, 0.6) is 0 Å². The molecule has 0 saturated carbocycles. The summed E-state index contributed by atoms with van der Waals surface area (Å²) in [4.78, 5) is 3.94. The highest BCUT2D eigenvalue weighted by Crippen LogP contribution is 2.10. The van der Waals surface area contributed by atoms with E-state index in [1.807, 2.05) is 0 Å². The van der Waals surface area contributed by atoms with Crippen molar-refractivity contribution in [3.05, 3.63) is 70.8 Å². The third kappa shape index (κ3) is 6.52. The van der Waals surface area contributed by atoms with Gasteiger partial charge in [0.15, 0.2) is 5.96 Å². The molecule has 0 aliphatic heterocycles. The minimum absolute atomic E-state index is 0. The Morgan fingerprint density at radius 2 is 1.44 bits per heavy atom. The van der Waals surface area contributed by atoms with Crippen LogP contribution < -0.4 is 10.6 Å². The van der Waals surface area contributed by atoms with Crippen molar-refractivity contribution in [3.8, 4) is 0 Å². The maximum absolute atomic E-state index is 13.5. The largest absolute Gasteiger partial charge is 0.356 e. The number of rotatable bonds is 5. The first-order valence-electron chi connectivity index (χ1n) is 7.32. The van der Waals surface area contributed by atoms with Crippen LogP contribution in [0.1, 0.15) is 11.1 Å². The van der Waals surface area contributed by atoms with E-state index in [2.05, 4.69) is 15.6 Å². The topological polar surface area (TPSA) is 36.4 Å². The second-order valence-corrected chi connectivity index (χ2v) is 5.07. The van der Waals surface area contributed by atoms with Gasteiger partial charge in [-0.15, -0.1) is 24.0 Å². The number of guanidine groups is 1. The van der Waals surface area contributed by atoms with Gasteiger partial charge in [0, 0.05) is 25.7 Å². The standard InChI is InChI=1S/C17H17F4N3.HI/c1-22-17(24-10-12-9-14(19)3-5-16(12)21)23-7-6-11-8-13(18)2-4-15(11)20;/h2-5,8-9H,6-7,10H2,1H3,(H2,22,23,24);1H. The van der Waals surface area contributed by atoms with Gasteiger partial charge in [-0.05, 0) is 48.4 Å². The average Bonchev–Trinajstić information content (AvgIpc) is 2.56. The van der Waals surface area contributed by atoms with Crippen LogP contribution in [0.2, 0.25) is 0 Å². The molecule has 2 rings (SSSR count). The third-order valence-electron chi connectivity index (χ3n) is 3.37. The molecule has 0 fully saturated rings. The van der Waals surface area contributed by atoms with Crippen molar-refractivity contribution in [1.29, 1.82) is 0 Å². The van der Waals surface area contributed by atoms with E-state index in [4.69, 9.17) is 0 Å². The number of nitrogens with one attached hydrogen (secondary N) is 2. The molecule has 0 aliphatic rings. The average molecular weight is 467 g/mol. The molecule has 136 valence electrons. The Kier molecular flexibility index (Phi) is 8.67. The lowest BCUT2D eigenvalue weighted by atomic mass is 10.1. The predicted octanol–water partition coefficient (Wildman–Crippen LogP) is 3.77. The van der Waals surface area contributed by atoms with Crippen LogP contribution in [-0.2, 0) is 13.0 Å². The molecular formula is C17H18F4IN3. The molecule has 0 radical (unpaired) electrons. The van der Waals surface area contributed by atoms with Gasteiger partial charge >= 0.3 is 0 Å². The van der Waals surface area contributed by atoms with Crippen LogP contribution in [0.15, 0.2) is 41.4 Å². The molecular weight excluding hydrogens is 449 g/mol. The van der Waals surface area contributed by atoms with Crippen molar-refractivity contribution < 1.29 is 17.6 Å². The highest BCUT2D eigenvalue weighted by Gasteiger charge is 2.07. The fraction of sp³-hybridized carbons (Fsp3) is 0.235. The number of benzene rings is 2. The molecule has 3 nitrogen and oxygen atoms in total. The van der Waals surface area contributed by atoms with Crippen LogP contribution in [-0.4, -0.2) is 19.6 Å². The maximum Gasteiger partial charge on any atom is 0.191 e. The summed E-state index contributed by atoms with van der Waals surface area (Å²) in [6.07, 6.45) is 0.249. The van der Waals surface area contributed by atoms with Gasteiger partial charge < -0.3 is 10.6 Å². The van der Waals surface area contributed by atoms with Crippen molar-refractivity contribution in [2.24, 2.45) is 4.99 Å². The Morgan fingerprint density at radius 1 is 0.880 bits per heavy atom. The Hall–Kier alpha value is -1.84. The van der Waals surface area contributed by atoms with Gasteiger partial charge in [0.2, 0.25) is 0 Å². The van der Waals surface area contributed by atoms with E-state index in [9.17, 15) is 17.6 Å². The number of nitrogens with zero attached hydrogens (tertiary/aromatic N) is 1.